The molecule has 1 N–H and O–H groups in total. The van der Waals surface area contributed by atoms with Crippen LogP contribution >= 0.6 is 0 Å². The van der Waals surface area contributed by atoms with Crippen LogP contribution in [0.2, 0.25) is 0 Å². The number of nitrogens with one attached hydrogen (secondary N) is 1. The SMILES string of the molecule is Cc1ccccc1-c1noc(CN2CCN(C(=O)CCNc3ccccc3[N+](=O)[O-])CC2)n1. The summed E-state index contributed by atoms with van der Waals surface area (Å²) in [6, 6.07) is 14.3. The van der Waals surface area contributed by atoms with Crippen molar-refractivity contribution in [1.29, 1.82) is 0 Å². The summed E-state index contributed by atoms with van der Waals surface area (Å²) in [6.07, 6.45) is 0.273. The quantitative estimate of drug-likeness (QED) is 0.411. The number of hydrogen-bond donors (Lipinski definition) is 1. The van der Waals surface area contributed by atoms with E-state index in [4.69, 9.17) is 4.52 Å². The Morgan fingerprint density at radius 1 is 1.12 bits per heavy atom. The summed E-state index contributed by atoms with van der Waals surface area (Å²) >= 11 is 0. The predicted molar refractivity (Wildman–Crippen MR) is 123 cm³/mol. The Hall–Kier alpha value is -3.79. The number of carbonyl (C=O) groups excluding carboxylic acids is 1. The van der Waals surface area contributed by atoms with Gasteiger partial charge in [0, 0.05) is 50.8 Å². The van der Waals surface area contributed by atoms with Crippen LogP contribution in [-0.4, -0.2) is 63.5 Å². The van der Waals surface area contributed by atoms with Crippen LogP contribution in [-0.2, 0) is 11.3 Å². The first-order valence-corrected chi connectivity index (χ1v) is 10.9. The van der Waals surface area contributed by atoms with Gasteiger partial charge in [-0.3, -0.25) is 19.8 Å². The van der Waals surface area contributed by atoms with Gasteiger partial charge in [-0.05, 0) is 18.6 Å². The lowest BCUT2D eigenvalue weighted by Gasteiger charge is -2.34. The van der Waals surface area contributed by atoms with E-state index in [-0.39, 0.29) is 18.0 Å². The minimum atomic E-state index is -0.434. The maximum absolute atomic E-state index is 12.6. The Balaban J connectivity index is 1.23. The van der Waals surface area contributed by atoms with Crippen molar-refractivity contribution in [3.63, 3.8) is 0 Å². The van der Waals surface area contributed by atoms with Crippen molar-refractivity contribution in [2.45, 2.75) is 19.9 Å². The Morgan fingerprint density at radius 2 is 1.85 bits per heavy atom. The Bertz CT molecular complexity index is 1120. The highest BCUT2D eigenvalue weighted by Crippen LogP contribution is 2.23. The van der Waals surface area contributed by atoms with Crippen LogP contribution in [0.4, 0.5) is 11.4 Å². The van der Waals surface area contributed by atoms with Gasteiger partial charge >= 0.3 is 0 Å². The zero-order valence-electron chi connectivity index (χ0n) is 18.4. The highest BCUT2D eigenvalue weighted by atomic mass is 16.6. The van der Waals surface area contributed by atoms with Gasteiger partial charge in [-0.1, -0.05) is 41.6 Å². The molecule has 0 saturated carbocycles. The Morgan fingerprint density at radius 3 is 2.61 bits per heavy atom. The van der Waals surface area contributed by atoms with E-state index < -0.39 is 4.92 Å². The molecule has 172 valence electrons. The lowest BCUT2D eigenvalue weighted by atomic mass is 10.1. The summed E-state index contributed by atoms with van der Waals surface area (Å²) < 4.78 is 5.43. The lowest BCUT2D eigenvalue weighted by molar-refractivity contribution is -0.384. The van der Waals surface area contributed by atoms with E-state index in [1.54, 1.807) is 18.2 Å². The molecule has 3 aromatic rings. The topological polar surface area (TPSA) is 118 Å². The third-order valence-corrected chi connectivity index (χ3v) is 5.69. The molecule has 1 amide bonds. The predicted octanol–water partition coefficient (Wildman–Crippen LogP) is 3.10. The number of carbonyl (C=O) groups is 1. The molecule has 33 heavy (non-hydrogen) atoms. The molecule has 1 aromatic heterocycles. The van der Waals surface area contributed by atoms with E-state index in [2.05, 4.69) is 20.4 Å². The molecule has 10 nitrogen and oxygen atoms in total. The van der Waals surface area contributed by atoms with E-state index in [1.807, 2.05) is 36.1 Å². The van der Waals surface area contributed by atoms with Gasteiger partial charge in [0.05, 0.1) is 11.5 Å². The monoisotopic (exact) mass is 450 g/mol. The number of piperazine rings is 1. The smallest absolute Gasteiger partial charge is 0.292 e. The third-order valence-electron chi connectivity index (χ3n) is 5.69. The van der Waals surface area contributed by atoms with Crippen LogP contribution in [0.3, 0.4) is 0 Å². The summed E-state index contributed by atoms with van der Waals surface area (Å²) in [5, 5.41) is 18.2. The first kappa shape index (κ1) is 22.4. The zero-order chi connectivity index (χ0) is 23.2. The molecular weight excluding hydrogens is 424 g/mol. The van der Waals surface area contributed by atoms with E-state index in [0.717, 1.165) is 11.1 Å². The van der Waals surface area contributed by atoms with Crippen molar-refractivity contribution < 1.29 is 14.2 Å². The van der Waals surface area contributed by atoms with Crippen LogP contribution in [0.25, 0.3) is 11.4 Å². The molecule has 1 fully saturated rings. The van der Waals surface area contributed by atoms with E-state index in [0.29, 0.717) is 56.7 Å². The molecule has 10 heteroatoms. The molecule has 1 aliphatic heterocycles. The second kappa shape index (κ2) is 10.2. The van der Waals surface area contributed by atoms with Crippen molar-refractivity contribution in [3.8, 4) is 11.4 Å². The fourth-order valence-corrected chi connectivity index (χ4v) is 3.84. The molecule has 0 atom stereocenters. The summed E-state index contributed by atoms with van der Waals surface area (Å²) in [4.78, 5) is 31.7. The third kappa shape index (κ3) is 5.53. The molecule has 2 heterocycles. The van der Waals surface area contributed by atoms with Gasteiger partial charge in [0.25, 0.3) is 5.69 Å². The molecular formula is C23H26N6O4. The van der Waals surface area contributed by atoms with Gasteiger partial charge in [-0.25, -0.2) is 0 Å². The largest absolute Gasteiger partial charge is 0.379 e. The molecule has 1 saturated heterocycles. The van der Waals surface area contributed by atoms with Gasteiger partial charge in [-0.2, -0.15) is 4.98 Å². The van der Waals surface area contributed by atoms with E-state index in [9.17, 15) is 14.9 Å². The zero-order valence-corrected chi connectivity index (χ0v) is 18.4. The number of nitrogens with zero attached hydrogens (tertiary/aromatic N) is 5. The minimum absolute atomic E-state index is 0.00479. The average molecular weight is 450 g/mol. The normalized spacial score (nSPS) is 14.3. The number of anilines is 1. The second-order valence-electron chi connectivity index (χ2n) is 7.93. The van der Waals surface area contributed by atoms with Crippen molar-refractivity contribution >= 4 is 17.3 Å². The number of amides is 1. The van der Waals surface area contributed by atoms with E-state index in [1.165, 1.54) is 6.07 Å². The van der Waals surface area contributed by atoms with Crippen LogP contribution in [0.1, 0.15) is 17.9 Å². The minimum Gasteiger partial charge on any atom is -0.379 e. The Kier molecular flexibility index (Phi) is 6.94. The van der Waals surface area contributed by atoms with Crippen molar-refractivity contribution in [2.24, 2.45) is 0 Å². The molecule has 0 bridgehead atoms. The number of nitro benzene ring substituents is 1. The number of aromatic nitrogens is 2. The summed E-state index contributed by atoms with van der Waals surface area (Å²) in [7, 11) is 0. The number of nitro groups is 1. The number of rotatable bonds is 8. The summed E-state index contributed by atoms with van der Waals surface area (Å²) in [5.74, 6) is 1.17. The van der Waals surface area contributed by atoms with Gasteiger partial charge in [0.2, 0.25) is 17.6 Å². The average Bonchev–Trinajstić information content (AvgIpc) is 3.28. The van der Waals surface area contributed by atoms with Crippen molar-refractivity contribution in [3.05, 3.63) is 70.1 Å². The van der Waals surface area contributed by atoms with E-state index >= 15 is 0 Å². The Labute approximate surface area is 191 Å². The highest BCUT2D eigenvalue weighted by molar-refractivity contribution is 5.77. The highest BCUT2D eigenvalue weighted by Gasteiger charge is 2.23. The fraction of sp³-hybridized carbons (Fsp3) is 0.348. The lowest BCUT2D eigenvalue weighted by Crippen LogP contribution is -2.48. The molecule has 2 aromatic carbocycles. The van der Waals surface area contributed by atoms with Gasteiger partial charge in [0.15, 0.2) is 0 Å². The molecule has 4 rings (SSSR count). The number of benzene rings is 2. The van der Waals surface area contributed by atoms with Crippen molar-refractivity contribution in [2.75, 3.05) is 38.0 Å². The first-order chi connectivity index (χ1) is 16.0. The molecule has 0 radical (unpaired) electrons. The standard InChI is InChI=1S/C23H26N6O4/c1-17-6-2-3-7-18(17)23-25-21(33-26-23)16-27-12-14-28(15-13-27)22(30)10-11-24-19-8-4-5-9-20(19)29(31)32/h2-9,24H,10-16H2,1H3. The van der Waals surface area contributed by atoms with Crippen LogP contribution < -0.4 is 5.32 Å². The maximum atomic E-state index is 12.6. The molecule has 0 aliphatic carbocycles. The molecule has 0 unspecified atom stereocenters. The van der Waals surface area contributed by atoms with Crippen LogP contribution in [0.5, 0.6) is 0 Å². The number of aryl methyl sites for hydroxylation is 1. The van der Waals surface area contributed by atoms with Crippen LogP contribution in [0, 0.1) is 17.0 Å². The molecule has 0 spiro atoms. The van der Waals surface area contributed by atoms with Crippen LogP contribution in [0.15, 0.2) is 53.1 Å². The molecule has 1 aliphatic rings. The number of hydrogen-bond acceptors (Lipinski definition) is 8. The van der Waals surface area contributed by atoms with Gasteiger partial charge in [-0.15, -0.1) is 0 Å². The summed E-state index contributed by atoms with van der Waals surface area (Å²) in [6.45, 7) is 5.55. The maximum Gasteiger partial charge on any atom is 0.292 e. The first-order valence-electron chi connectivity index (χ1n) is 10.9. The second-order valence-corrected chi connectivity index (χ2v) is 7.93. The van der Waals surface area contributed by atoms with Gasteiger partial charge < -0.3 is 14.7 Å². The van der Waals surface area contributed by atoms with Gasteiger partial charge in [0.1, 0.15) is 5.69 Å². The number of para-hydroxylation sites is 2. The summed E-state index contributed by atoms with van der Waals surface area (Å²) in [5.41, 5.74) is 2.47. The van der Waals surface area contributed by atoms with Crippen molar-refractivity contribution in [1.82, 2.24) is 19.9 Å². The fourth-order valence-electron chi connectivity index (χ4n) is 3.84.